The molecule has 1 N–H and O–H groups in total. The smallest absolute Gasteiger partial charge is 0.265 e. The number of amides is 1. The zero-order valence-electron chi connectivity index (χ0n) is 13.0. The first-order valence-electron chi connectivity index (χ1n) is 7.67. The van der Waals surface area contributed by atoms with Gasteiger partial charge in [0.05, 0.1) is 0 Å². The average molecular weight is 277 g/mol. The summed E-state index contributed by atoms with van der Waals surface area (Å²) in [7, 11) is 1.82. The fraction of sp³-hybridized carbons (Fsp3) is 0.750. The first-order valence-corrected chi connectivity index (χ1v) is 7.67. The van der Waals surface area contributed by atoms with Gasteiger partial charge < -0.3 is 10.2 Å². The Morgan fingerprint density at radius 3 is 2.60 bits per heavy atom. The Morgan fingerprint density at radius 1 is 1.40 bits per heavy atom. The highest BCUT2D eigenvalue weighted by Crippen LogP contribution is 2.22. The number of carbonyl (C=O) groups excluding carboxylic acids is 1. The molecule has 0 radical (unpaired) electrons. The molecule has 0 heterocycles. The summed E-state index contributed by atoms with van der Waals surface area (Å²) in [5.41, 5.74) is 0.210. The summed E-state index contributed by atoms with van der Waals surface area (Å²) in [4.78, 5) is 14.0. The van der Waals surface area contributed by atoms with E-state index in [0.717, 1.165) is 25.8 Å². The number of hydrogen-bond acceptors (Lipinski definition) is 3. The van der Waals surface area contributed by atoms with Crippen LogP contribution < -0.4 is 5.32 Å². The molecule has 0 aromatic rings. The SMILES string of the molecule is CC(C)CCN/C=C(/C#N)C(=O)N(C)C1CCCCC1. The number of likely N-dealkylation sites (N-methyl/N-ethyl adjacent to an activating group) is 1. The van der Waals surface area contributed by atoms with Crippen molar-refractivity contribution < 1.29 is 4.79 Å². The van der Waals surface area contributed by atoms with Crippen LogP contribution in [0.2, 0.25) is 0 Å². The zero-order chi connectivity index (χ0) is 15.0. The van der Waals surface area contributed by atoms with Crippen molar-refractivity contribution in [3.05, 3.63) is 11.8 Å². The average Bonchev–Trinajstić information content (AvgIpc) is 2.46. The molecule has 0 aromatic carbocycles. The van der Waals surface area contributed by atoms with E-state index in [9.17, 15) is 4.79 Å². The third kappa shape index (κ3) is 5.24. The molecule has 112 valence electrons. The van der Waals surface area contributed by atoms with Crippen LogP contribution in [0, 0.1) is 17.2 Å². The van der Waals surface area contributed by atoms with E-state index in [-0.39, 0.29) is 11.5 Å². The zero-order valence-corrected chi connectivity index (χ0v) is 13.0. The predicted molar refractivity (Wildman–Crippen MR) is 80.8 cm³/mol. The second-order valence-electron chi connectivity index (χ2n) is 6.01. The van der Waals surface area contributed by atoms with Gasteiger partial charge in [-0.05, 0) is 25.2 Å². The van der Waals surface area contributed by atoms with Gasteiger partial charge >= 0.3 is 0 Å². The lowest BCUT2D eigenvalue weighted by Crippen LogP contribution is -2.39. The lowest BCUT2D eigenvalue weighted by molar-refractivity contribution is -0.128. The van der Waals surface area contributed by atoms with Crippen molar-refractivity contribution in [2.24, 2.45) is 5.92 Å². The van der Waals surface area contributed by atoms with E-state index in [1.807, 2.05) is 13.1 Å². The first-order chi connectivity index (χ1) is 9.56. The molecule has 1 aliphatic carbocycles. The minimum absolute atomic E-state index is 0.156. The van der Waals surface area contributed by atoms with Crippen LogP contribution in [0.15, 0.2) is 11.8 Å². The molecule has 4 nitrogen and oxygen atoms in total. The summed E-state index contributed by atoms with van der Waals surface area (Å²) in [6, 6.07) is 2.31. The molecule has 4 heteroatoms. The summed E-state index contributed by atoms with van der Waals surface area (Å²) in [6.45, 7) is 5.10. The van der Waals surface area contributed by atoms with Crippen LogP contribution in [-0.2, 0) is 4.79 Å². The van der Waals surface area contributed by atoms with E-state index in [0.29, 0.717) is 12.0 Å². The lowest BCUT2D eigenvalue weighted by Gasteiger charge is -2.31. The molecule has 0 atom stereocenters. The van der Waals surface area contributed by atoms with Crippen molar-refractivity contribution in [1.29, 1.82) is 5.26 Å². The van der Waals surface area contributed by atoms with Crippen molar-refractivity contribution in [1.82, 2.24) is 10.2 Å². The van der Waals surface area contributed by atoms with E-state index in [2.05, 4.69) is 19.2 Å². The van der Waals surface area contributed by atoms with Crippen LogP contribution in [0.25, 0.3) is 0 Å². The Bertz CT molecular complexity index is 376. The van der Waals surface area contributed by atoms with Crippen molar-refractivity contribution in [3.63, 3.8) is 0 Å². The third-order valence-corrected chi connectivity index (χ3v) is 3.91. The Kier molecular flexibility index (Phi) is 7.14. The normalized spacial score (nSPS) is 16.9. The minimum Gasteiger partial charge on any atom is -0.390 e. The Labute approximate surface area is 122 Å². The van der Waals surface area contributed by atoms with Gasteiger partial charge in [0.1, 0.15) is 11.6 Å². The summed E-state index contributed by atoms with van der Waals surface area (Å²) in [5.74, 6) is 0.457. The van der Waals surface area contributed by atoms with Crippen molar-refractivity contribution in [2.75, 3.05) is 13.6 Å². The highest BCUT2D eigenvalue weighted by atomic mass is 16.2. The number of nitrogens with zero attached hydrogens (tertiary/aromatic N) is 2. The number of carbonyl (C=O) groups is 1. The molecule has 1 rings (SSSR count). The number of rotatable bonds is 6. The molecule has 0 bridgehead atoms. The van der Waals surface area contributed by atoms with Crippen LogP contribution in [0.1, 0.15) is 52.4 Å². The van der Waals surface area contributed by atoms with E-state index >= 15 is 0 Å². The lowest BCUT2D eigenvalue weighted by atomic mass is 9.94. The minimum atomic E-state index is -0.156. The monoisotopic (exact) mass is 277 g/mol. The van der Waals surface area contributed by atoms with Crippen molar-refractivity contribution in [3.8, 4) is 6.07 Å². The Hall–Kier alpha value is -1.50. The van der Waals surface area contributed by atoms with E-state index < -0.39 is 0 Å². The van der Waals surface area contributed by atoms with Crippen LogP contribution in [0.5, 0.6) is 0 Å². The van der Waals surface area contributed by atoms with Gasteiger partial charge in [0.25, 0.3) is 5.91 Å². The highest BCUT2D eigenvalue weighted by Gasteiger charge is 2.24. The maximum Gasteiger partial charge on any atom is 0.265 e. The van der Waals surface area contributed by atoms with Crippen molar-refractivity contribution >= 4 is 5.91 Å². The van der Waals surface area contributed by atoms with Gasteiger partial charge in [-0.3, -0.25) is 4.79 Å². The van der Waals surface area contributed by atoms with Crippen LogP contribution in [0.3, 0.4) is 0 Å². The molecule has 1 amide bonds. The van der Waals surface area contributed by atoms with Gasteiger partial charge in [-0.25, -0.2) is 0 Å². The molecular formula is C16H27N3O. The maximum atomic E-state index is 12.3. The molecule has 0 saturated heterocycles. The van der Waals surface area contributed by atoms with E-state index in [4.69, 9.17) is 5.26 Å². The largest absolute Gasteiger partial charge is 0.390 e. The maximum absolute atomic E-state index is 12.3. The predicted octanol–water partition coefficient (Wildman–Crippen LogP) is 2.82. The fourth-order valence-electron chi connectivity index (χ4n) is 2.51. The molecule has 0 unspecified atom stereocenters. The number of nitriles is 1. The van der Waals surface area contributed by atoms with Gasteiger partial charge in [0.15, 0.2) is 0 Å². The first kappa shape index (κ1) is 16.6. The fourth-order valence-corrected chi connectivity index (χ4v) is 2.51. The topological polar surface area (TPSA) is 56.1 Å². The highest BCUT2D eigenvalue weighted by molar-refractivity contribution is 5.97. The summed E-state index contributed by atoms with van der Waals surface area (Å²) in [5, 5.41) is 12.2. The molecule has 20 heavy (non-hydrogen) atoms. The van der Waals surface area contributed by atoms with Crippen LogP contribution in [-0.4, -0.2) is 30.4 Å². The standard InChI is InChI=1S/C16H27N3O/c1-13(2)9-10-18-12-14(11-17)16(20)19(3)15-7-5-4-6-8-15/h12-13,15,18H,4-10H2,1-3H3/b14-12-. The second kappa shape index (κ2) is 8.63. The Balaban J connectivity index is 2.52. The second-order valence-corrected chi connectivity index (χ2v) is 6.01. The molecule has 0 aromatic heterocycles. The third-order valence-electron chi connectivity index (χ3n) is 3.91. The number of nitrogens with one attached hydrogen (secondary N) is 1. The van der Waals surface area contributed by atoms with Gasteiger partial charge in [-0.1, -0.05) is 33.1 Å². The van der Waals surface area contributed by atoms with Gasteiger partial charge in [-0.15, -0.1) is 0 Å². The molecular weight excluding hydrogens is 250 g/mol. The molecule has 1 fully saturated rings. The van der Waals surface area contributed by atoms with Crippen molar-refractivity contribution in [2.45, 2.75) is 58.4 Å². The summed E-state index contributed by atoms with van der Waals surface area (Å²) < 4.78 is 0. The Morgan fingerprint density at radius 2 is 2.05 bits per heavy atom. The molecule has 0 aliphatic heterocycles. The van der Waals surface area contributed by atoms with E-state index in [1.165, 1.54) is 19.3 Å². The van der Waals surface area contributed by atoms with Gasteiger partial charge in [0, 0.05) is 25.8 Å². The van der Waals surface area contributed by atoms with Crippen LogP contribution >= 0.6 is 0 Å². The quantitative estimate of drug-likeness (QED) is 0.461. The summed E-state index contributed by atoms with van der Waals surface area (Å²) in [6.07, 6.45) is 8.34. The van der Waals surface area contributed by atoms with E-state index in [1.54, 1.807) is 11.1 Å². The molecule has 0 spiro atoms. The van der Waals surface area contributed by atoms with Gasteiger partial charge in [0.2, 0.25) is 0 Å². The van der Waals surface area contributed by atoms with Crippen LogP contribution in [0.4, 0.5) is 0 Å². The molecule has 1 saturated carbocycles. The van der Waals surface area contributed by atoms with Gasteiger partial charge in [-0.2, -0.15) is 5.26 Å². The summed E-state index contributed by atoms with van der Waals surface area (Å²) >= 11 is 0. The number of hydrogen-bond donors (Lipinski definition) is 1. The molecule has 1 aliphatic rings.